The number of anilines is 1. The number of benzene rings is 1. The molecule has 5 heteroatoms. The Morgan fingerprint density at radius 1 is 1.36 bits per heavy atom. The molecule has 2 amide bonds. The van der Waals surface area contributed by atoms with Crippen LogP contribution in [0, 0.1) is 5.92 Å². The Balaban J connectivity index is 2.07. The number of carbonyl (C=O) groups excluding carboxylic acids is 2. The van der Waals surface area contributed by atoms with E-state index in [9.17, 15) is 9.59 Å². The third-order valence-corrected chi connectivity index (χ3v) is 3.68. The Bertz CT molecular complexity index is 542. The maximum atomic E-state index is 12.5. The van der Waals surface area contributed by atoms with Crippen molar-refractivity contribution in [1.29, 1.82) is 0 Å². The maximum absolute atomic E-state index is 12.5. The molecule has 0 spiro atoms. The molecular formula is C17H24N2O3. The van der Waals surface area contributed by atoms with Gasteiger partial charge in [0.2, 0.25) is 5.91 Å². The number of para-hydroxylation sites is 2. The van der Waals surface area contributed by atoms with Crippen LogP contribution in [0.2, 0.25) is 0 Å². The lowest BCUT2D eigenvalue weighted by Crippen LogP contribution is -2.49. The van der Waals surface area contributed by atoms with Gasteiger partial charge in [-0.05, 0) is 30.9 Å². The summed E-state index contributed by atoms with van der Waals surface area (Å²) in [5.41, 5.74) is 0.663. The molecular weight excluding hydrogens is 280 g/mol. The summed E-state index contributed by atoms with van der Waals surface area (Å²) in [5.74, 6) is 0.903. The van der Waals surface area contributed by atoms with Crippen molar-refractivity contribution in [2.24, 2.45) is 5.92 Å². The molecule has 1 unspecified atom stereocenters. The van der Waals surface area contributed by atoms with E-state index in [1.165, 1.54) is 4.90 Å². The largest absolute Gasteiger partial charge is 0.478 e. The molecule has 1 aromatic rings. The second-order valence-electron chi connectivity index (χ2n) is 5.94. The van der Waals surface area contributed by atoms with Crippen molar-refractivity contribution in [3.8, 4) is 5.75 Å². The van der Waals surface area contributed by atoms with Crippen LogP contribution in [0.4, 0.5) is 5.69 Å². The zero-order valence-corrected chi connectivity index (χ0v) is 13.5. The fourth-order valence-corrected chi connectivity index (χ4v) is 2.40. The number of amides is 2. The summed E-state index contributed by atoms with van der Waals surface area (Å²) < 4.78 is 5.69. The molecule has 5 nitrogen and oxygen atoms in total. The molecule has 1 aliphatic rings. The van der Waals surface area contributed by atoms with Crippen LogP contribution in [0.25, 0.3) is 0 Å². The van der Waals surface area contributed by atoms with E-state index in [4.69, 9.17) is 4.74 Å². The minimum Gasteiger partial charge on any atom is -0.478 e. The van der Waals surface area contributed by atoms with Gasteiger partial charge in [-0.2, -0.15) is 0 Å². The zero-order valence-electron chi connectivity index (χ0n) is 13.5. The molecule has 0 saturated carbocycles. The molecule has 0 radical (unpaired) electrons. The zero-order chi connectivity index (χ0) is 16.1. The van der Waals surface area contributed by atoms with Gasteiger partial charge >= 0.3 is 0 Å². The first kappa shape index (κ1) is 16.3. The first-order valence-corrected chi connectivity index (χ1v) is 7.86. The molecule has 1 aliphatic heterocycles. The molecule has 120 valence electrons. The Morgan fingerprint density at radius 3 is 2.77 bits per heavy atom. The van der Waals surface area contributed by atoms with E-state index in [-0.39, 0.29) is 18.4 Å². The smallest absolute Gasteiger partial charge is 0.268 e. The second kappa shape index (κ2) is 7.29. The normalized spacial score (nSPS) is 17.2. The summed E-state index contributed by atoms with van der Waals surface area (Å²) >= 11 is 0. The Labute approximate surface area is 131 Å². The predicted molar refractivity (Wildman–Crippen MR) is 86.0 cm³/mol. The van der Waals surface area contributed by atoms with Gasteiger partial charge in [-0.3, -0.25) is 14.5 Å². The van der Waals surface area contributed by atoms with E-state index < -0.39 is 6.10 Å². The lowest BCUT2D eigenvalue weighted by atomic mass is 10.1. The van der Waals surface area contributed by atoms with Gasteiger partial charge in [0, 0.05) is 6.54 Å². The molecule has 22 heavy (non-hydrogen) atoms. The highest BCUT2D eigenvalue weighted by Crippen LogP contribution is 2.34. The summed E-state index contributed by atoms with van der Waals surface area (Å²) in [7, 11) is 0. The predicted octanol–water partition coefficient (Wildman–Crippen LogP) is 2.35. The summed E-state index contributed by atoms with van der Waals surface area (Å²) in [6.45, 7) is 6.79. The Kier molecular flexibility index (Phi) is 5.41. The minimum absolute atomic E-state index is 0.0355. The number of hydrogen-bond acceptors (Lipinski definition) is 3. The van der Waals surface area contributed by atoms with Gasteiger partial charge in [-0.1, -0.05) is 32.9 Å². The third-order valence-electron chi connectivity index (χ3n) is 3.68. The molecule has 0 fully saturated rings. The van der Waals surface area contributed by atoms with Crippen molar-refractivity contribution in [3.63, 3.8) is 0 Å². The molecule has 1 N–H and O–H groups in total. The van der Waals surface area contributed by atoms with Gasteiger partial charge in [-0.15, -0.1) is 0 Å². The monoisotopic (exact) mass is 304 g/mol. The number of nitrogens with one attached hydrogen (secondary N) is 1. The van der Waals surface area contributed by atoms with Gasteiger partial charge < -0.3 is 10.1 Å². The summed E-state index contributed by atoms with van der Waals surface area (Å²) in [5, 5.41) is 2.87. The third kappa shape index (κ3) is 3.78. The highest BCUT2D eigenvalue weighted by Gasteiger charge is 2.33. The number of nitrogens with zero attached hydrogens (tertiary/aromatic N) is 1. The van der Waals surface area contributed by atoms with Crippen LogP contribution < -0.4 is 15.0 Å². The number of hydrogen-bond donors (Lipinski definition) is 1. The van der Waals surface area contributed by atoms with Crippen LogP contribution in [0.15, 0.2) is 24.3 Å². The summed E-state index contributed by atoms with van der Waals surface area (Å²) in [6.07, 6.45) is 0.994. The van der Waals surface area contributed by atoms with Gasteiger partial charge in [-0.25, -0.2) is 0 Å². The van der Waals surface area contributed by atoms with Crippen molar-refractivity contribution in [3.05, 3.63) is 24.3 Å². The SMILES string of the molecule is CCC1Oc2ccccc2N(CC(=O)NCCC(C)C)C1=O. The first-order chi connectivity index (χ1) is 10.5. The van der Waals surface area contributed by atoms with Crippen molar-refractivity contribution in [1.82, 2.24) is 5.32 Å². The van der Waals surface area contributed by atoms with Crippen molar-refractivity contribution in [2.75, 3.05) is 18.0 Å². The minimum atomic E-state index is -0.515. The second-order valence-corrected chi connectivity index (χ2v) is 5.94. The van der Waals surface area contributed by atoms with Crippen LogP contribution in [0.3, 0.4) is 0 Å². The van der Waals surface area contributed by atoms with Gasteiger partial charge in [0.15, 0.2) is 6.10 Å². The quantitative estimate of drug-likeness (QED) is 0.877. The standard InChI is InChI=1S/C17H24N2O3/c1-4-14-17(21)19(11-16(20)18-10-9-12(2)3)13-7-5-6-8-15(13)22-14/h5-8,12,14H,4,9-11H2,1-3H3,(H,18,20). The van der Waals surface area contributed by atoms with E-state index in [0.29, 0.717) is 30.3 Å². The summed E-state index contributed by atoms with van der Waals surface area (Å²) in [4.78, 5) is 26.1. The highest BCUT2D eigenvalue weighted by molar-refractivity contribution is 6.03. The molecule has 1 heterocycles. The highest BCUT2D eigenvalue weighted by atomic mass is 16.5. The fraction of sp³-hybridized carbons (Fsp3) is 0.529. The lowest BCUT2D eigenvalue weighted by Gasteiger charge is -2.33. The number of fused-ring (bicyclic) bond motifs is 1. The number of ether oxygens (including phenoxy) is 1. The fourth-order valence-electron chi connectivity index (χ4n) is 2.40. The molecule has 0 aliphatic carbocycles. The summed E-state index contributed by atoms with van der Waals surface area (Å²) in [6, 6.07) is 7.34. The van der Waals surface area contributed by atoms with Crippen molar-refractivity contribution < 1.29 is 14.3 Å². The van der Waals surface area contributed by atoms with Crippen LogP contribution in [0.5, 0.6) is 5.75 Å². The van der Waals surface area contributed by atoms with Crippen LogP contribution in [-0.2, 0) is 9.59 Å². The molecule has 1 atom stereocenters. The van der Waals surface area contributed by atoms with Gasteiger partial charge in [0.05, 0.1) is 5.69 Å². The van der Waals surface area contributed by atoms with E-state index >= 15 is 0 Å². The average molecular weight is 304 g/mol. The Hall–Kier alpha value is -2.04. The van der Waals surface area contributed by atoms with Crippen LogP contribution >= 0.6 is 0 Å². The molecule has 1 aromatic carbocycles. The van der Waals surface area contributed by atoms with Crippen LogP contribution in [0.1, 0.15) is 33.6 Å². The average Bonchev–Trinajstić information content (AvgIpc) is 2.49. The van der Waals surface area contributed by atoms with Crippen molar-refractivity contribution in [2.45, 2.75) is 39.7 Å². The van der Waals surface area contributed by atoms with Gasteiger partial charge in [0.1, 0.15) is 12.3 Å². The van der Waals surface area contributed by atoms with Crippen LogP contribution in [-0.4, -0.2) is 31.0 Å². The van der Waals surface area contributed by atoms with E-state index in [1.54, 1.807) is 6.07 Å². The van der Waals surface area contributed by atoms with Crippen molar-refractivity contribution >= 4 is 17.5 Å². The molecule has 2 rings (SSSR count). The Morgan fingerprint density at radius 2 is 2.09 bits per heavy atom. The van der Waals surface area contributed by atoms with E-state index in [1.807, 2.05) is 25.1 Å². The van der Waals surface area contributed by atoms with Gasteiger partial charge in [0.25, 0.3) is 5.91 Å². The molecule has 0 aromatic heterocycles. The molecule has 0 bridgehead atoms. The maximum Gasteiger partial charge on any atom is 0.268 e. The first-order valence-electron chi connectivity index (χ1n) is 7.86. The lowest BCUT2D eigenvalue weighted by molar-refractivity contribution is -0.129. The number of rotatable bonds is 6. The number of carbonyl (C=O) groups is 2. The topological polar surface area (TPSA) is 58.6 Å². The van der Waals surface area contributed by atoms with E-state index in [2.05, 4.69) is 19.2 Å². The molecule has 0 saturated heterocycles. The van der Waals surface area contributed by atoms with E-state index in [0.717, 1.165) is 6.42 Å².